The van der Waals surface area contributed by atoms with Crippen LogP contribution < -0.4 is 0 Å². The summed E-state index contributed by atoms with van der Waals surface area (Å²) in [5.74, 6) is 0. The largest absolute Gasteiger partial charge is 0.290 e. The number of rotatable bonds is 0. The Labute approximate surface area is 187 Å². The molecule has 2 aromatic heterocycles. The van der Waals surface area contributed by atoms with Crippen LogP contribution in [0.5, 0.6) is 0 Å². The molecule has 0 spiro atoms. The number of nitrogens with zero attached hydrogens (tertiary/aromatic N) is 4. The zero-order chi connectivity index (χ0) is 21.4. The summed E-state index contributed by atoms with van der Waals surface area (Å²) in [5.41, 5.74) is 4.47. The van der Waals surface area contributed by atoms with Crippen molar-refractivity contribution < 1.29 is 0 Å². The average molecular weight is 417 g/mol. The van der Waals surface area contributed by atoms with Crippen LogP contribution in [0, 0.1) is 0 Å². The summed E-state index contributed by atoms with van der Waals surface area (Å²) in [6.45, 7) is 16.9. The molecular weight excluding hydrogens is 368 g/mol. The SMILES string of the molecule is C.C.CC.CC.CC1c2cccc(n2)C(C)N(C)C(C)c2cccc(n2)C(C)N1C. The molecule has 3 heterocycles. The Morgan fingerprint density at radius 3 is 0.933 bits per heavy atom. The molecule has 30 heavy (non-hydrogen) atoms. The van der Waals surface area contributed by atoms with E-state index in [-0.39, 0.29) is 39.0 Å². The summed E-state index contributed by atoms with van der Waals surface area (Å²) in [6.07, 6.45) is 0. The molecule has 0 aromatic carbocycles. The topological polar surface area (TPSA) is 32.3 Å². The lowest BCUT2D eigenvalue weighted by Crippen LogP contribution is -2.31. The van der Waals surface area contributed by atoms with E-state index < -0.39 is 0 Å². The third-order valence-corrected chi connectivity index (χ3v) is 5.74. The second-order valence-electron chi connectivity index (χ2n) is 7.01. The fourth-order valence-electron chi connectivity index (χ4n) is 3.37. The molecule has 4 bridgehead atoms. The quantitative estimate of drug-likeness (QED) is 0.442. The third kappa shape index (κ3) is 6.61. The Balaban J connectivity index is 0. The van der Waals surface area contributed by atoms with Crippen LogP contribution in [0.25, 0.3) is 0 Å². The number of hydrogen-bond donors (Lipinski definition) is 0. The number of hydrogen-bond acceptors (Lipinski definition) is 4. The highest BCUT2D eigenvalue weighted by Gasteiger charge is 2.26. The minimum Gasteiger partial charge on any atom is -0.290 e. The summed E-state index contributed by atoms with van der Waals surface area (Å²) in [6, 6.07) is 13.7. The standard InChI is InChI=1S/C20H28N4.2C2H6.2CH4/c1-13-17-9-7-10-19(21-17)15(3)24(6)16(4)20-12-8-11-18(22-20)14(2)23(13)5;2*1-2;;/h7-16H,1-6H3;2*1-2H3;2*1H4. The van der Waals surface area contributed by atoms with Crippen molar-refractivity contribution in [2.45, 2.75) is 94.4 Å². The van der Waals surface area contributed by atoms with Crippen molar-refractivity contribution in [3.63, 3.8) is 0 Å². The van der Waals surface area contributed by atoms with Crippen molar-refractivity contribution >= 4 is 0 Å². The smallest absolute Gasteiger partial charge is 0.0576 e. The lowest BCUT2D eigenvalue weighted by molar-refractivity contribution is 0.176. The van der Waals surface area contributed by atoms with Gasteiger partial charge in [-0.15, -0.1) is 0 Å². The summed E-state index contributed by atoms with van der Waals surface area (Å²) in [7, 11) is 4.31. The van der Waals surface area contributed by atoms with Crippen molar-refractivity contribution in [3.05, 3.63) is 59.2 Å². The van der Waals surface area contributed by atoms with Crippen molar-refractivity contribution in [1.29, 1.82) is 0 Å². The molecule has 4 atom stereocenters. The van der Waals surface area contributed by atoms with Crippen LogP contribution in [0.3, 0.4) is 0 Å². The third-order valence-electron chi connectivity index (χ3n) is 5.74. The number of aromatic nitrogens is 2. The zero-order valence-electron chi connectivity index (χ0n) is 19.6. The Bertz CT molecular complexity index is 604. The Morgan fingerprint density at radius 1 is 0.533 bits per heavy atom. The molecule has 0 radical (unpaired) electrons. The predicted octanol–water partition coefficient (Wildman–Crippen LogP) is 7.62. The maximum Gasteiger partial charge on any atom is 0.0576 e. The Morgan fingerprint density at radius 2 is 0.733 bits per heavy atom. The predicted molar refractivity (Wildman–Crippen MR) is 134 cm³/mol. The minimum atomic E-state index is 0. The first kappa shape index (κ1) is 30.4. The Kier molecular flexibility index (Phi) is 14.5. The molecule has 4 nitrogen and oxygen atoms in total. The second kappa shape index (κ2) is 14.3. The van der Waals surface area contributed by atoms with Gasteiger partial charge in [-0.2, -0.15) is 0 Å². The van der Waals surface area contributed by atoms with Gasteiger partial charge in [0.2, 0.25) is 0 Å². The minimum absolute atomic E-state index is 0. The Hall–Kier alpha value is -1.78. The van der Waals surface area contributed by atoms with E-state index in [9.17, 15) is 0 Å². The van der Waals surface area contributed by atoms with E-state index in [0.717, 1.165) is 22.8 Å². The van der Waals surface area contributed by atoms with Gasteiger partial charge in [0.05, 0.1) is 22.8 Å². The first-order valence-corrected chi connectivity index (χ1v) is 10.8. The first-order chi connectivity index (χ1) is 13.4. The fraction of sp³-hybridized carbons (Fsp3) is 0.615. The molecule has 4 heteroatoms. The highest BCUT2D eigenvalue weighted by atomic mass is 15.2. The van der Waals surface area contributed by atoms with Gasteiger partial charge in [-0.1, -0.05) is 54.7 Å². The molecule has 0 fully saturated rings. The van der Waals surface area contributed by atoms with Crippen molar-refractivity contribution in [2.24, 2.45) is 0 Å². The maximum absolute atomic E-state index is 4.97. The van der Waals surface area contributed by atoms with Crippen LogP contribution >= 0.6 is 0 Å². The monoisotopic (exact) mass is 416 g/mol. The van der Waals surface area contributed by atoms with Crippen LogP contribution in [0.2, 0.25) is 0 Å². The van der Waals surface area contributed by atoms with E-state index >= 15 is 0 Å². The van der Waals surface area contributed by atoms with Crippen molar-refractivity contribution in [1.82, 2.24) is 19.8 Å². The number of pyridine rings is 2. The summed E-state index contributed by atoms with van der Waals surface area (Å²) >= 11 is 0. The van der Waals surface area contributed by atoms with E-state index in [2.05, 4.69) is 88.0 Å². The van der Waals surface area contributed by atoms with Crippen LogP contribution in [0.4, 0.5) is 0 Å². The average Bonchev–Trinajstić information content (AvgIpc) is 2.78. The summed E-state index contributed by atoms with van der Waals surface area (Å²) in [5, 5.41) is 0. The molecule has 0 N–H and O–H groups in total. The van der Waals surface area contributed by atoms with Gasteiger partial charge in [0, 0.05) is 24.2 Å². The van der Waals surface area contributed by atoms with Gasteiger partial charge >= 0.3 is 0 Å². The lowest BCUT2D eigenvalue weighted by atomic mass is 10.0. The fourth-order valence-corrected chi connectivity index (χ4v) is 3.37. The normalized spacial score (nSPS) is 23.5. The lowest BCUT2D eigenvalue weighted by Gasteiger charge is -2.34. The van der Waals surface area contributed by atoms with Gasteiger partial charge in [0.15, 0.2) is 0 Å². The van der Waals surface area contributed by atoms with Crippen LogP contribution in [0.15, 0.2) is 36.4 Å². The van der Waals surface area contributed by atoms with Gasteiger partial charge in [-0.3, -0.25) is 19.8 Å². The molecule has 3 rings (SSSR count). The van der Waals surface area contributed by atoms with Crippen LogP contribution in [-0.2, 0) is 0 Å². The van der Waals surface area contributed by atoms with Gasteiger partial charge in [0.1, 0.15) is 0 Å². The molecule has 172 valence electrons. The van der Waals surface area contributed by atoms with Gasteiger partial charge in [0.25, 0.3) is 0 Å². The van der Waals surface area contributed by atoms with Gasteiger partial charge in [-0.05, 0) is 66.1 Å². The van der Waals surface area contributed by atoms with Crippen LogP contribution in [0.1, 0.15) is 117 Å². The first-order valence-electron chi connectivity index (χ1n) is 10.8. The second-order valence-corrected chi connectivity index (χ2v) is 7.01. The molecular formula is C26H48N4. The van der Waals surface area contributed by atoms with Gasteiger partial charge in [-0.25, -0.2) is 0 Å². The highest BCUT2D eigenvalue weighted by molar-refractivity contribution is 5.21. The van der Waals surface area contributed by atoms with E-state index in [1.165, 1.54) is 0 Å². The molecule has 1 aliphatic heterocycles. The van der Waals surface area contributed by atoms with E-state index in [4.69, 9.17) is 9.97 Å². The zero-order valence-corrected chi connectivity index (χ0v) is 19.6. The summed E-state index contributed by atoms with van der Waals surface area (Å²) in [4.78, 5) is 14.6. The molecule has 0 saturated heterocycles. The molecule has 0 saturated carbocycles. The van der Waals surface area contributed by atoms with Gasteiger partial charge < -0.3 is 0 Å². The van der Waals surface area contributed by atoms with Crippen molar-refractivity contribution in [3.8, 4) is 0 Å². The molecule has 0 amide bonds. The molecule has 0 aliphatic carbocycles. The van der Waals surface area contributed by atoms with E-state index in [1.807, 2.05) is 27.7 Å². The van der Waals surface area contributed by atoms with E-state index in [0.29, 0.717) is 0 Å². The highest BCUT2D eigenvalue weighted by Crippen LogP contribution is 2.32. The van der Waals surface area contributed by atoms with Crippen LogP contribution in [-0.4, -0.2) is 33.9 Å². The number of fused-ring (bicyclic) bond motifs is 4. The van der Waals surface area contributed by atoms with Crippen molar-refractivity contribution in [2.75, 3.05) is 14.1 Å². The summed E-state index contributed by atoms with van der Waals surface area (Å²) < 4.78 is 0. The molecule has 2 aromatic rings. The maximum atomic E-state index is 4.97. The molecule has 4 unspecified atom stereocenters. The van der Waals surface area contributed by atoms with E-state index in [1.54, 1.807) is 0 Å². The molecule has 1 aliphatic rings.